The Hall–Kier alpha value is -0.690. The van der Waals surface area contributed by atoms with Gasteiger partial charge in [0, 0.05) is 13.1 Å². The average molecular weight is 196 g/mol. The standard InChI is InChI=1S/C11H14ClN/c12-10-6-2-3-7-11(10)13-8-4-1-5-9-13/h2-3,6-7H,1,4-5,8-9H2. The molecule has 1 fully saturated rings. The maximum atomic E-state index is 6.12. The van der Waals surface area contributed by atoms with Gasteiger partial charge in [0.15, 0.2) is 0 Å². The van der Waals surface area contributed by atoms with Crippen molar-refractivity contribution in [3.63, 3.8) is 0 Å². The number of nitrogens with zero attached hydrogens (tertiary/aromatic N) is 1. The fraction of sp³-hybridized carbons (Fsp3) is 0.455. The first-order valence-electron chi connectivity index (χ1n) is 4.87. The summed E-state index contributed by atoms with van der Waals surface area (Å²) in [7, 11) is 0. The lowest BCUT2D eigenvalue weighted by Crippen LogP contribution is -2.29. The van der Waals surface area contributed by atoms with Gasteiger partial charge in [-0.1, -0.05) is 23.7 Å². The lowest BCUT2D eigenvalue weighted by molar-refractivity contribution is 0.578. The predicted octanol–water partition coefficient (Wildman–Crippen LogP) is 3.33. The molecular formula is C11H14ClN. The van der Waals surface area contributed by atoms with Gasteiger partial charge in [-0.2, -0.15) is 0 Å². The predicted molar refractivity (Wildman–Crippen MR) is 57.5 cm³/mol. The van der Waals surface area contributed by atoms with Crippen LogP contribution in [0.15, 0.2) is 24.3 Å². The zero-order chi connectivity index (χ0) is 9.10. The van der Waals surface area contributed by atoms with Crippen LogP contribution in [0.3, 0.4) is 0 Å². The third kappa shape index (κ3) is 1.97. The summed E-state index contributed by atoms with van der Waals surface area (Å²) < 4.78 is 0. The van der Waals surface area contributed by atoms with Crippen LogP contribution in [0.4, 0.5) is 5.69 Å². The Kier molecular flexibility index (Phi) is 2.74. The number of benzene rings is 1. The summed E-state index contributed by atoms with van der Waals surface area (Å²) in [6.45, 7) is 2.31. The quantitative estimate of drug-likeness (QED) is 0.665. The molecule has 2 rings (SSSR count). The molecule has 1 aromatic carbocycles. The van der Waals surface area contributed by atoms with Crippen molar-refractivity contribution in [1.29, 1.82) is 0 Å². The summed E-state index contributed by atoms with van der Waals surface area (Å²) in [4.78, 5) is 2.38. The lowest BCUT2D eigenvalue weighted by Gasteiger charge is -2.29. The summed E-state index contributed by atoms with van der Waals surface area (Å²) in [5.74, 6) is 0. The summed E-state index contributed by atoms with van der Waals surface area (Å²) in [6.07, 6.45) is 3.96. The normalized spacial score (nSPS) is 17.5. The van der Waals surface area contributed by atoms with Gasteiger partial charge < -0.3 is 4.90 Å². The molecule has 1 saturated heterocycles. The number of hydrogen-bond acceptors (Lipinski definition) is 1. The molecule has 0 N–H and O–H groups in total. The molecule has 0 radical (unpaired) electrons. The number of halogens is 1. The van der Waals surface area contributed by atoms with E-state index < -0.39 is 0 Å². The fourth-order valence-electron chi connectivity index (χ4n) is 1.84. The van der Waals surface area contributed by atoms with E-state index in [9.17, 15) is 0 Å². The van der Waals surface area contributed by atoms with Crippen LogP contribution in [0.25, 0.3) is 0 Å². The SMILES string of the molecule is Clc1ccccc1N1CCCCC1. The molecule has 0 aliphatic carbocycles. The molecule has 70 valence electrons. The highest BCUT2D eigenvalue weighted by Gasteiger charge is 2.12. The Bertz CT molecular complexity index is 279. The molecular weight excluding hydrogens is 182 g/mol. The van der Waals surface area contributed by atoms with Gasteiger partial charge in [0.2, 0.25) is 0 Å². The van der Waals surface area contributed by atoms with Gasteiger partial charge >= 0.3 is 0 Å². The number of piperidine rings is 1. The Balaban J connectivity index is 2.18. The van der Waals surface area contributed by atoms with Crippen LogP contribution in [0, 0.1) is 0 Å². The number of hydrogen-bond donors (Lipinski definition) is 0. The topological polar surface area (TPSA) is 3.24 Å². The van der Waals surface area contributed by atoms with Crippen molar-refractivity contribution in [2.45, 2.75) is 19.3 Å². The van der Waals surface area contributed by atoms with E-state index in [1.165, 1.54) is 24.9 Å². The molecule has 1 aliphatic heterocycles. The second-order valence-electron chi connectivity index (χ2n) is 3.50. The monoisotopic (exact) mass is 195 g/mol. The van der Waals surface area contributed by atoms with Crippen LogP contribution in [-0.2, 0) is 0 Å². The van der Waals surface area contributed by atoms with Crippen molar-refractivity contribution < 1.29 is 0 Å². The molecule has 0 saturated carbocycles. The van der Waals surface area contributed by atoms with Gasteiger partial charge in [-0.05, 0) is 31.4 Å². The zero-order valence-electron chi connectivity index (χ0n) is 7.67. The van der Waals surface area contributed by atoms with E-state index in [2.05, 4.69) is 17.0 Å². The molecule has 0 bridgehead atoms. The van der Waals surface area contributed by atoms with Gasteiger partial charge in [0.25, 0.3) is 0 Å². The van der Waals surface area contributed by atoms with Crippen molar-refractivity contribution in [2.24, 2.45) is 0 Å². The van der Waals surface area contributed by atoms with Gasteiger partial charge in [0.05, 0.1) is 10.7 Å². The van der Waals surface area contributed by atoms with Crippen LogP contribution in [0.1, 0.15) is 19.3 Å². The Morgan fingerprint density at radius 3 is 2.38 bits per heavy atom. The maximum Gasteiger partial charge on any atom is 0.0639 e. The molecule has 0 atom stereocenters. The van der Waals surface area contributed by atoms with E-state index in [1.807, 2.05) is 12.1 Å². The average Bonchev–Trinajstić information content (AvgIpc) is 2.20. The van der Waals surface area contributed by atoms with Crippen LogP contribution in [-0.4, -0.2) is 13.1 Å². The van der Waals surface area contributed by atoms with E-state index >= 15 is 0 Å². The van der Waals surface area contributed by atoms with Gasteiger partial charge in [-0.15, -0.1) is 0 Å². The van der Waals surface area contributed by atoms with Crippen molar-refractivity contribution >= 4 is 17.3 Å². The number of para-hydroxylation sites is 1. The van der Waals surface area contributed by atoms with Crippen LogP contribution >= 0.6 is 11.6 Å². The minimum Gasteiger partial charge on any atom is -0.370 e. The first kappa shape index (κ1) is 8.89. The largest absolute Gasteiger partial charge is 0.370 e. The second kappa shape index (κ2) is 4.01. The molecule has 0 unspecified atom stereocenters. The third-order valence-corrected chi connectivity index (χ3v) is 2.87. The first-order valence-corrected chi connectivity index (χ1v) is 5.25. The van der Waals surface area contributed by atoms with Crippen molar-refractivity contribution in [2.75, 3.05) is 18.0 Å². The molecule has 0 spiro atoms. The molecule has 13 heavy (non-hydrogen) atoms. The minimum atomic E-state index is 0.879. The molecule has 1 nitrogen and oxygen atoms in total. The molecule has 1 aromatic rings. The molecule has 2 heteroatoms. The summed E-state index contributed by atoms with van der Waals surface area (Å²) >= 11 is 6.12. The fourth-order valence-corrected chi connectivity index (χ4v) is 2.10. The summed E-state index contributed by atoms with van der Waals surface area (Å²) in [6, 6.07) is 8.10. The van der Waals surface area contributed by atoms with E-state index in [0.717, 1.165) is 18.1 Å². The van der Waals surface area contributed by atoms with Gasteiger partial charge in [-0.3, -0.25) is 0 Å². The van der Waals surface area contributed by atoms with Crippen molar-refractivity contribution in [3.05, 3.63) is 29.3 Å². The summed E-state index contributed by atoms with van der Waals surface area (Å²) in [5.41, 5.74) is 1.20. The highest BCUT2D eigenvalue weighted by atomic mass is 35.5. The van der Waals surface area contributed by atoms with Crippen LogP contribution < -0.4 is 4.90 Å². The maximum absolute atomic E-state index is 6.12. The minimum absolute atomic E-state index is 0.879. The third-order valence-electron chi connectivity index (χ3n) is 2.55. The van der Waals surface area contributed by atoms with Gasteiger partial charge in [-0.25, -0.2) is 0 Å². The Labute approximate surface area is 84.3 Å². The van der Waals surface area contributed by atoms with Crippen molar-refractivity contribution in [3.8, 4) is 0 Å². The second-order valence-corrected chi connectivity index (χ2v) is 3.91. The molecule has 0 amide bonds. The smallest absolute Gasteiger partial charge is 0.0639 e. The first-order chi connectivity index (χ1) is 6.38. The number of anilines is 1. The highest BCUT2D eigenvalue weighted by Crippen LogP contribution is 2.27. The lowest BCUT2D eigenvalue weighted by atomic mass is 10.1. The van der Waals surface area contributed by atoms with E-state index in [0.29, 0.717) is 0 Å². The number of rotatable bonds is 1. The van der Waals surface area contributed by atoms with Crippen LogP contribution in [0.2, 0.25) is 5.02 Å². The molecule has 1 aliphatic rings. The Morgan fingerprint density at radius 2 is 1.69 bits per heavy atom. The van der Waals surface area contributed by atoms with E-state index in [4.69, 9.17) is 11.6 Å². The highest BCUT2D eigenvalue weighted by molar-refractivity contribution is 6.33. The van der Waals surface area contributed by atoms with Crippen LogP contribution in [0.5, 0.6) is 0 Å². The van der Waals surface area contributed by atoms with Crippen molar-refractivity contribution in [1.82, 2.24) is 0 Å². The van der Waals surface area contributed by atoms with E-state index in [1.54, 1.807) is 0 Å². The zero-order valence-corrected chi connectivity index (χ0v) is 8.43. The van der Waals surface area contributed by atoms with Gasteiger partial charge in [0.1, 0.15) is 0 Å². The summed E-state index contributed by atoms with van der Waals surface area (Å²) in [5, 5.41) is 0.879. The Morgan fingerprint density at radius 1 is 1.00 bits per heavy atom. The molecule has 0 aromatic heterocycles. The van der Waals surface area contributed by atoms with E-state index in [-0.39, 0.29) is 0 Å². The molecule has 1 heterocycles.